The molecule has 0 bridgehead atoms. The summed E-state index contributed by atoms with van der Waals surface area (Å²) in [5.41, 5.74) is 1.69. The van der Waals surface area contributed by atoms with E-state index in [1.165, 1.54) is 11.3 Å². The van der Waals surface area contributed by atoms with Crippen LogP contribution in [0.15, 0.2) is 40.8 Å². The first-order valence-electron chi connectivity index (χ1n) is 7.48. The van der Waals surface area contributed by atoms with Gasteiger partial charge in [0.25, 0.3) is 5.91 Å². The monoisotopic (exact) mass is 360 g/mol. The number of aromatic nitrogens is 1. The number of amides is 1. The Labute approximate surface area is 149 Å². The fourth-order valence-corrected chi connectivity index (χ4v) is 3.55. The zero-order chi connectivity index (χ0) is 17.3. The summed E-state index contributed by atoms with van der Waals surface area (Å²) in [5.74, 6) is 1.55. The smallest absolute Gasteiger partial charge is 0.266 e. The van der Waals surface area contributed by atoms with Gasteiger partial charge in [-0.2, -0.15) is 0 Å². The van der Waals surface area contributed by atoms with E-state index in [-0.39, 0.29) is 5.91 Å². The maximum Gasteiger partial charge on any atom is 0.266 e. The van der Waals surface area contributed by atoms with Crippen LogP contribution >= 0.6 is 22.9 Å². The summed E-state index contributed by atoms with van der Waals surface area (Å²) in [4.78, 5) is 19.5. The first-order valence-corrected chi connectivity index (χ1v) is 8.67. The van der Waals surface area contributed by atoms with E-state index in [4.69, 9.17) is 16.0 Å². The molecule has 0 spiro atoms. The van der Waals surface area contributed by atoms with Gasteiger partial charge in [0.2, 0.25) is 0 Å². The van der Waals surface area contributed by atoms with Crippen molar-refractivity contribution in [2.24, 2.45) is 0 Å². The van der Waals surface area contributed by atoms with Crippen LogP contribution in [0.3, 0.4) is 0 Å². The molecule has 24 heavy (non-hydrogen) atoms. The minimum absolute atomic E-state index is 0.0562. The van der Waals surface area contributed by atoms with Crippen molar-refractivity contribution >= 4 is 28.8 Å². The Morgan fingerprint density at radius 1 is 1.21 bits per heavy atom. The third kappa shape index (κ3) is 3.52. The quantitative estimate of drug-likeness (QED) is 0.661. The highest BCUT2D eigenvalue weighted by Gasteiger charge is 2.20. The third-order valence-corrected chi connectivity index (χ3v) is 5.06. The summed E-state index contributed by atoms with van der Waals surface area (Å²) in [6.07, 6.45) is 0. The first kappa shape index (κ1) is 16.7. The Hall–Kier alpha value is -2.11. The van der Waals surface area contributed by atoms with E-state index >= 15 is 0 Å². The van der Waals surface area contributed by atoms with Crippen molar-refractivity contribution in [1.29, 1.82) is 0 Å². The number of nitrogens with zero attached hydrogens (tertiary/aromatic N) is 2. The summed E-state index contributed by atoms with van der Waals surface area (Å²) in [7, 11) is 1.77. The minimum Gasteiger partial charge on any atom is -0.464 e. The van der Waals surface area contributed by atoms with Gasteiger partial charge in [-0.3, -0.25) is 4.79 Å². The van der Waals surface area contributed by atoms with Crippen molar-refractivity contribution in [1.82, 2.24) is 9.88 Å². The number of carbonyl (C=O) groups excluding carboxylic acids is 1. The Kier molecular flexibility index (Phi) is 4.73. The zero-order valence-corrected chi connectivity index (χ0v) is 15.2. The molecule has 0 fully saturated rings. The molecular weight excluding hydrogens is 344 g/mol. The number of rotatable bonds is 4. The van der Waals surface area contributed by atoms with Gasteiger partial charge >= 0.3 is 0 Å². The number of halogens is 1. The van der Waals surface area contributed by atoms with Crippen LogP contribution in [-0.2, 0) is 6.54 Å². The number of carbonyl (C=O) groups is 1. The zero-order valence-electron chi connectivity index (χ0n) is 13.7. The second-order valence-corrected chi connectivity index (χ2v) is 7.05. The molecule has 3 aromatic rings. The van der Waals surface area contributed by atoms with Crippen LogP contribution in [0.25, 0.3) is 10.6 Å². The van der Waals surface area contributed by atoms with Crippen molar-refractivity contribution < 1.29 is 9.21 Å². The molecule has 0 saturated heterocycles. The van der Waals surface area contributed by atoms with E-state index in [0.717, 1.165) is 27.8 Å². The number of aryl methyl sites for hydroxylation is 2. The van der Waals surface area contributed by atoms with Gasteiger partial charge in [-0.05, 0) is 38.1 Å². The normalized spacial score (nSPS) is 10.8. The lowest BCUT2D eigenvalue weighted by Gasteiger charge is -2.14. The van der Waals surface area contributed by atoms with Crippen molar-refractivity contribution in [3.8, 4) is 10.6 Å². The molecule has 2 heterocycles. The molecule has 0 N–H and O–H groups in total. The minimum atomic E-state index is -0.0562. The molecule has 3 rings (SSSR count). The maximum atomic E-state index is 12.7. The molecule has 0 aliphatic carbocycles. The van der Waals surface area contributed by atoms with Crippen molar-refractivity contribution in [3.05, 3.63) is 63.5 Å². The molecule has 1 aromatic carbocycles. The van der Waals surface area contributed by atoms with Crippen LogP contribution in [0.4, 0.5) is 0 Å². The van der Waals surface area contributed by atoms with Crippen molar-refractivity contribution in [3.63, 3.8) is 0 Å². The number of furan rings is 1. The van der Waals surface area contributed by atoms with Crippen LogP contribution < -0.4 is 0 Å². The van der Waals surface area contributed by atoms with E-state index in [9.17, 15) is 4.79 Å². The average Bonchev–Trinajstić information content (AvgIpc) is 3.13. The largest absolute Gasteiger partial charge is 0.464 e. The topological polar surface area (TPSA) is 46.3 Å². The lowest BCUT2D eigenvalue weighted by atomic mass is 10.2. The standard InChI is InChI=1S/C18H17ClN2O2S/c1-11-4-9-15(23-11)10-21(3)18(22)16-12(2)20-17(24-16)13-5-7-14(19)8-6-13/h4-9H,10H2,1-3H3. The molecule has 4 nitrogen and oxygen atoms in total. The highest BCUT2D eigenvalue weighted by atomic mass is 35.5. The fourth-order valence-electron chi connectivity index (χ4n) is 2.36. The van der Waals surface area contributed by atoms with E-state index < -0.39 is 0 Å². The molecule has 0 aliphatic heterocycles. The molecule has 124 valence electrons. The molecule has 0 aliphatic rings. The highest BCUT2D eigenvalue weighted by molar-refractivity contribution is 7.17. The molecule has 0 saturated carbocycles. The van der Waals surface area contributed by atoms with Gasteiger partial charge < -0.3 is 9.32 Å². The summed E-state index contributed by atoms with van der Waals surface area (Å²) >= 11 is 7.31. The summed E-state index contributed by atoms with van der Waals surface area (Å²) in [6.45, 7) is 4.17. The van der Waals surface area contributed by atoms with Crippen LogP contribution in [0.2, 0.25) is 5.02 Å². The summed E-state index contributed by atoms with van der Waals surface area (Å²) in [5, 5.41) is 1.49. The van der Waals surface area contributed by atoms with Crippen LogP contribution in [0.5, 0.6) is 0 Å². The molecule has 6 heteroatoms. The lowest BCUT2D eigenvalue weighted by Crippen LogP contribution is -2.25. The number of hydrogen-bond acceptors (Lipinski definition) is 4. The molecule has 0 unspecified atom stereocenters. The van der Waals surface area contributed by atoms with E-state index in [1.807, 2.05) is 50.2 Å². The molecule has 0 radical (unpaired) electrons. The third-order valence-electron chi connectivity index (χ3n) is 3.62. The van der Waals surface area contributed by atoms with Gasteiger partial charge in [0.05, 0.1) is 12.2 Å². The number of hydrogen-bond donors (Lipinski definition) is 0. The molecule has 1 amide bonds. The summed E-state index contributed by atoms with van der Waals surface area (Å²) < 4.78 is 5.54. The number of thiazole rings is 1. The fraction of sp³-hybridized carbons (Fsp3) is 0.222. The van der Waals surface area contributed by atoms with Crippen LogP contribution in [-0.4, -0.2) is 22.8 Å². The van der Waals surface area contributed by atoms with Gasteiger partial charge in [-0.15, -0.1) is 11.3 Å². The van der Waals surface area contributed by atoms with Gasteiger partial charge in [0.1, 0.15) is 21.4 Å². The molecule has 0 atom stereocenters. The van der Waals surface area contributed by atoms with Gasteiger partial charge in [0, 0.05) is 17.6 Å². The SMILES string of the molecule is Cc1ccc(CN(C)C(=O)c2sc(-c3ccc(Cl)cc3)nc2C)o1. The van der Waals surface area contributed by atoms with E-state index in [1.54, 1.807) is 11.9 Å². The van der Waals surface area contributed by atoms with E-state index in [2.05, 4.69) is 4.98 Å². The lowest BCUT2D eigenvalue weighted by molar-refractivity contribution is 0.0779. The molecular formula is C18H17ClN2O2S. The maximum absolute atomic E-state index is 12.7. The second kappa shape index (κ2) is 6.79. The average molecular weight is 361 g/mol. The Bertz CT molecular complexity index is 868. The van der Waals surface area contributed by atoms with E-state index in [0.29, 0.717) is 16.4 Å². The van der Waals surface area contributed by atoms with Gasteiger partial charge in [-0.25, -0.2) is 4.98 Å². The van der Waals surface area contributed by atoms with Crippen molar-refractivity contribution in [2.45, 2.75) is 20.4 Å². The second-order valence-electron chi connectivity index (χ2n) is 5.61. The Balaban J connectivity index is 1.81. The van der Waals surface area contributed by atoms with Gasteiger partial charge in [-0.1, -0.05) is 23.7 Å². The predicted octanol–water partition coefficient (Wildman–Crippen LogP) is 4.95. The van der Waals surface area contributed by atoms with Gasteiger partial charge in [0.15, 0.2) is 0 Å². The van der Waals surface area contributed by atoms with Crippen molar-refractivity contribution in [2.75, 3.05) is 7.05 Å². The van der Waals surface area contributed by atoms with Crippen LogP contribution in [0, 0.1) is 13.8 Å². The summed E-state index contributed by atoms with van der Waals surface area (Å²) in [6, 6.07) is 11.2. The number of benzene rings is 1. The highest BCUT2D eigenvalue weighted by Crippen LogP contribution is 2.29. The van der Waals surface area contributed by atoms with Crippen LogP contribution in [0.1, 0.15) is 26.9 Å². The Morgan fingerprint density at radius 2 is 1.92 bits per heavy atom. The predicted molar refractivity (Wildman–Crippen MR) is 96.5 cm³/mol. The Morgan fingerprint density at radius 3 is 2.54 bits per heavy atom. The first-order chi connectivity index (χ1) is 11.4. The molecule has 2 aromatic heterocycles.